The molecule has 0 radical (unpaired) electrons. The van der Waals surface area contributed by atoms with Gasteiger partial charge >= 0.3 is 12.1 Å². The molecular formula is C20H32N4O7S. The van der Waals surface area contributed by atoms with E-state index in [2.05, 4.69) is 20.3 Å². The number of benzene rings is 1. The Bertz CT molecular complexity index is 894. The quantitative estimate of drug-likeness (QED) is 0.191. The maximum atomic E-state index is 12.5. The molecule has 1 aromatic carbocycles. The van der Waals surface area contributed by atoms with Gasteiger partial charge < -0.3 is 25.6 Å². The van der Waals surface area contributed by atoms with Crippen molar-refractivity contribution < 1.29 is 33.0 Å². The molecule has 12 heteroatoms. The highest BCUT2D eigenvalue weighted by Crippen LogP contribution is 2.10. The molecule has 0 saturated carbocycles. The van der Waals surface area contributed by atoms with Crippen molar-refractivity contribution in [3.05, 3.63) is 29.8 Å². The Morgan fingerprint density at radius 1 is 1.19 bits per heavy atom. The van der Waals surface area contributed by atoms with Gasteiger partial charge in [-0.1, -0.05) is 17.7 Å². The molecule has 0 aliphatic heterocycles. The average molecular weight is 473 g/mol. The molecule has 0 aliphatic rings. The fourth-order valence-electron chi connectivity index (χ4n) is 2.40. The van der Waals surface area contributed by atoms with Crippen LogP contribution in [0.3, 0.4) is 0 Å². The molecule has 11 nitrogen and oxygen atoms in total. The number of carboxylic acid groups (broad SMARTS) is 1. The number of amides is 1. The van der Waals surface area contributed by atoms with E-state index < -0.39 is 33.7 Å². The summed E-state index contributed by atoms with van der Waals surface area (Å²) in [5, 5.41) is 23.3. The standard InChI is InChI=1S/C20H32N4O7S/c1-14-7-9-15(10-8-14)32(29,30)24-18(22-12-13-25)21-11-5-6-16(17(26)27)23-19(28)31-20(2,3)4/h7-10,16,25H,5-6,11-13H2,1-4H3,(H,23,28)(H,26,27)(H2,21,22,24)/t16-/m0/s1. The average Bonchev–Trinajstić information content (AvgIpc) is 2.66. The molecule has 1 atom stereocenters. The van der Waals surface area contributed by atoms with Crippen LogP contribution in [0.2, 0.25) is 0 Å². The van der Waals surface area contributed by atoms with Crippen LogP contribution in [0.25, 0.3) is 0 Å². The van der Waals surface area contributed by atoms with Crippen LogP contribution in [0.1, 0.15) is 39.2 Å². The number of hydrogen-bond acceptors (Lipinski definition) is 7. The number of nitrogens with zero attached hydrogens (tertiary/aromatic N) is 1. The number of aliphatic hydroxyl groups is 1. The van der Waals surface area contributed by atoms with Crippen LogP contribution >= 0.6 is 0 Å². The van der Waals surface area contributed by atoms with Crippen molar-refractivity contribution >= 4 is 28.0 Å². The summed E-state index contributed by atoms with van der Waals surface area (Å²) in [5.74, 6) is -1.30. The van der Waals surface area contributed by atoms with Crippen LogP contribution in [0.5, 0.6) is 0 Å². The molecule has 0 spiro atoms. The number of aliphatic hydroxyl groups excluding tert-OH is 1. The first-order valence-corrected chi connectivity index (χ1v) is 11.5. The van der Waals surface area contributed by atoms with Crippen LogP contribution in [0.15, 0.2) is 34.2 Å². The minimum Gasteiger partial charge on any atom is -0.480 e. The van der Waals surface area contributed by atoms with Crippen LogP contribution in [0, 0.1) is 6.92 Å². The van der Waals surface area contributed by atoms with E-state index in [0.717, 1.165) is 5.56 Å². The SMILES string of the molecule is Cc1ccc(S(=O)(=O)NC(=NCCC[C@H](NC(=O)OC(C)(C)C)C(=O)O)NCCO)cc1. The molecule has 0 aliphatic carbocycles. The lowest BCUT2D eigenvalue weighted by molar-refractivity contribution is -0.139. The van der Waals surface area contributed by atoms with Crippen LogP contribution < -0.4 is 15.4 Å². The van der Waals surface area contributed by atoms with Gasteiger partial charge in [0.05, 0.1) is 11.5 Å². The van der Waals surface area contributed by atoms with Gasteiger partial charge in [0.1, 0.15) is 11.6 Å². The highest BCUT2D eigenvalue weighted by atomic mass is 32.2. The Hall–Kier alpha value is -2.86. The molecule has 0 heterocycles. The van der Waals surface area contributed by atoms with Crippen molar-refractivity contribution in [3.8, 4) is 0 Å². The molecule has 1 aromatic rings. The number of nitrogens with one attached hydrogen (secondary N) is 3. The molecular weight excluding hydrogens is 440 g/mol. The van der Waals surface area contributed by atoms with Gasteiger partial charge in [-0.25, -0.2) is 22.7 Å². The Morgan fingerprint density at radius 2 is 1.81 bits per heavy atom. The predicted octanol–water partition coefficient (Wildman–Crippen LogP) is 0.969. The zero-order chi connectivity index (χ0) is 24.4. The summed E-state index contributed by atoms with van der Waals surface area (Å²) >= 11 is 0. The number of carboxylic acids is 1. The van der Waals surface area contributed by atoms with Gasteiger partial charge in [0.2, 0.25) is 5.96 Å². The number of carbonyl (C=O) groups excluding carboxylic acids is 1. The van der Waals surface area contributed by atoms with E-state index in [4.69, 9.17) is 9.84 Å². The lowest BCUT2D eigenvalue weighted by Crippen LogP contribution is -2.43. The van der Waals surface area contributed by atoms with Crippen LogP contribution in [0.4, 0.5) is 4.79 Å². The summed E-state index contributed by atoms with van der Waals surface area (Å²) in [5.41, 5.74) is 0.142. The summed E-state index contributed by atoms with van der Waals surface area (Å²) in [6.07, 6.45) is -0.552. The minimum atomic E-state index is -3.90. The Labute approximate surface area is 188 Å². The number of hydrogen-bond donors (Lipinski definition) is 5. The van der Waals surface area contributed by atoms with Crippen molar-refractivity contribution in [2.24, 2.45) is 4.99 Å². The highest BCUT2D eigenvalue weighted by Gasteiger charge is 2.23. The summed E-state index contributed by atoms with van der Waals surface area (Å²) < 4.78 is 32.5. The van der Waals surface area contributed by atoms with Gasteiger partial charge in [-0.15, -0.1) is 0 Å². The summed E-state index contributed by atoms with van der Waals surface area (Å²) in [7, 11) is -3.90. The molecule has 0 unspecified atom stereocenters. The number of alkyl carbamates (subject to hydrolysis) is 1. The maximum Gasteiger partial charge on any atom is 0.408 e. The first-order valence-electron chi connectivity index (χ1n) is 10.0. The summed E-state index contributed by atoms with van der Waals surface area (Å²) in [4.78, 5) is 27.4. The fourth-order valence-corrected chi connectivity index (χ4v) is 3.40. The van der Waals surface area contributed by atoms with E-state index in [1.165, 1.54) is 12.1 Å². The molecule has 1 rings (SSSR count). The van der Waals surface area contributed by atoms with Crippen LogP contribution in [-0.4, -0.2) is 68.0 Å². The number of sulfonamides is 1. The zero-order valence-electron chi connectivity index (χ0n) is 18.7. The second-order valence-electron chi connectivity index (χ2n) is 7.98. The monoisotopic (exact) mass is 472 g/mol. The number of aliphatic carboxylic acids is 1. The smallest absolute Gasteiger partial charge is 0.408 e. The number of aliphatic imine (C=N–C) groups is 1. The normalized spacial score (nSPS) is 13.2. The number of rotatable bonds is 10. The fraction of sp³-hybridized carbons (Fsp3) is 0.550. The first kappa shape index (κ1) is 27.2. The largest absolute Gasteiger partial charge is 0.480 e. The number of aryl methyl sites for hydroxylation is 1. The van der Waals surface area contributed by atoms with E-state index >= 15 is 0 Å². The van der Waals surface area contributed by atoms with Gasteiger partial charge in [-0.05, 0) is 52.7 Å². The number of guanidine groups is 1. The molecule has 0 fully saturated rings. The van der Waals surface area contributed by atoms with E-state index in [1.54, 1.807) is 32.9 Å². The van der Waals surface area contributed by atoms with E-state index in [-0.39, 0.29) is 43.4 Å². The molecule has 0 saturated heterocycles. The Morgan fingerprint density at radius 3 is 2.34 bits per heavy atom. The number of ether oxygens (including phenoxy) is 1. The van der Waals surface area contributed by atoms with Gasteiger partial charge in [0, 0.05) is 13.1 Å². The molecule has 32 heavy (non-hydrogen) atoms. The lowest BCUT2D eigenvalue weighted by atomic mass is 10.1. The van der Waals surface area contributed by atoms with E-state index in [9.17, 15) is 23.1 Å². The van der Waals surface area contributed by atoms with Gasteiger partial charge in [0.25, 0.3) is 10.0 Å². The van der Waals surface area contributed by atoms with Crippen molar-refractivity contribution in [3.63, 3.8) is 0 Å². The predicted molar refractivity (Wildman–Crippen MR) is 119 cm³/mol. The molecule has 1 amide bonds. The minimum absolute atomic E-state index is 0.0501. The van der Waals surface area contributed by atoms with E-state index in [0.29, 0.717) is 0 Å². The molecule has 180 valence electrons. The second-order valence-corrected chi connectivity index (χ2v) is 9.66. The molecule has 0 aromatic heterocycles. The first-order chi connectivity index (χ1) is 14.8. The maximum absolute atomic E-state index is 12.5. The highest BCUT2D eigenvalue weighted by molar-refractivity contribution is 7.90. The third-order valence-electron chi connectivity index (χ3n) is 3.88. The lowest BCUT2D eigenvalue weighted by Gasteiger charge is -2.21. The van der Waals surface area contributed by atoms with Crippen LogP contribution in [-0.2, 0) is 19.6 Å². The van der Waals surface area contributed by atoms with Gasteiger partial charge in [-0.2, -0.15) is 0 Å². The number of carbonyl (C=O) groups is 2. The zero-order valence-corrected chi connectivity index (χ0v) is 19.5. The third-order valence-corrected chi connectivity index (χ3v) is 5.23. The molecule has 0 bridgehead atoms. The summed E-state index contributed by atoms with van der Waals surface area (Å²) in [6, 6.07) is 5.06. The van der Waals surface area contributed by atoms with Crippen molar-refractivity contribution in [2.75, 3.05) is 19.7 Å². The van der Waals surface area contributed by atoms with Gasteiger partial charge in [0.15, 0.2) is 0 Å². The summed E-state index contributed by atoms with van der Waals surface area (Å²) in [6.45, 7) is 6.71. The Balaban J connectivity index is 2.75. The van der Waals surface area contributed by atoms with Gasteiger partial charge in [-0.3, -0.25) is 4.99 Å². The van der Waals surface area contributed by atoms with Crippen molar-refractivity contribution in [1.29, 1.82) is 0 Å². The van der Waals surface area contributed by atoms with Crippen molar-refractivity contribution in [1.82, 2.24) is 15.4 Å². The second kappa shape index (κ2) is 12.2. The van der Waals surface area contributed by atoms with Crippen molar-refractivity contribution in [2.45, 2.75) is 57.1 Å². The third kappa shape index (κ3) is 10.4. The Kier molecular flexibility index (Phi) is 10.4. The molecule has 5 N–H and O–H groups in total. The topological polar surface area (TPSA) is 166 Å². The van der Waals surface area contributed by atoms with E-state index in [1.807, 2.05) is 6.92 Å².